The topological polar surface area (TPSA) is 64.3 Å². The molecule has 0 aromatic heterocycles. The SMILES string of the molecule is CCCCCCCOCCCC(=O)NN. The lowest BCUT2D eigenvalue weighted by molar-refractivity contribution is -0.121. The molecule has 90 valence electrons. The van der Waals surface area contributed by atoms with Gasteiger partial charge in [0.05, 0.1) is 0 Å². The first-order chi connectivity index (χ1) is 7.31. The summed E-state index contributed by atoms with van der Waals surface area (Å²) in [6.45, 7) is 3.67. The van der Waals surface area contributed by atoms with Crippen LogP contribution in [0, 0.1) is 0 Å². The molecule has 0 unspecified atom stereocenters. The summed E-state index contributed by atoms with van der Waals surface area (Å²) in [5, 5.41) is 0. The number of unbranched alkanes of at least 4 members (excludes halogenated alkanes) is 4. The summed E-state index contributed by atoms with van der Waals surface area (Å²) in [5.74, 6) is 4.82. The number of carbonyl (C=O) groups is 1. The van der Waals surface area contributed by atoms with Gasteiger partial charge in [-0.1, -0.05) is 32.6 Å². The Balaban J connectivity index is 2.95. The molecule has 0 saturated heterocycles. The smallest absolute Gasteiger partial charge is 0.233 e. The fourth-order valence-corrected chi connectivity index (χ4v) is 1.32. The summed E-state index contributed by atoms with van der Waals surface area (Å²) in [7, 11) is 0. The van der Waals surface area contributed by atoms with Crippen molar-refractivity contribution in [2.24, 2.45) is 5.84 Å². The fraction of sp³-hybridized carbons (Fsp3) is 0.909. The molecule has 0 aliphatic carbocycles. The Hall–Kier alpha value is -0.610. The minimum absolute atomic E-state index is 0.124. The van der Waals surface area contributed by atoms with Crippen LogP contribution < -0.4 is 11.3 Å². The zero-order valence-electron chi connectivity index (χ0n) is 9.76. The van der Waals surface area contributed by atoms with Gasteiger partial charge < -0.3 is 4.74 Å². The molecule has 0 saturated carbocycles. The highest BCUT2D eigenvalue weighted by molar-refractivity contribution is 5.75. The largest absolute Gasteiger partial charge is 0.381 e. The lowest BCUT2D eigenvalue weighted by Gasteiger charge is -2.03. The lowest BCUT2D eigenvalue weighted by Crippen LogP contribution is -2.29. The zero-order chi connectivity index (χ0) is 11.4. The van der Waals surface area contributed by atoms with Crippen molar-refractivity contribution in [3.05, 3.63) is 0 Å². The molecule has 0 aliphatic rings. The Bertz CT molecular complexity index is 152. The molecule has 0 aromatic carbocycles. The summed E-state index contributed by atoms with van der Waals surface area (Å²) >= 11 is 0. The Morgan fingerprint density at radius 3 is 2.47 bits per heavy atom. The Morgan fingerprint density at radius 2 is 1.80 bits per heavy atom. The van der Waals surface area contributed by atoms with Gasteiger partial charge in [0, 0.05) is 19.6 Å². The quantitative estimate of drug-likeness (QED) is 0.253. The van der Waals surface area contributed by atoms with Gasteiger partial charge in [0.25, 0.3) is 0 Å². The van der Waals surface area contributed by atoms with Crippen molar-refractivity contribution in [2.75, 3.05) is 13.2 Å². The average molecular weight is 216 g/mol. The minimum atomic E-state index is -0.124. The van der Waals surface area contributed by atoms with E-state index in [0.717, 1.165) is 19.4 Å². The molecule has 0 heterocycles. The zero-order valence-corrected chi connectivity index (χ0v) is 9.76. The third-order valence-corrected chi connectivity index (χ3v) is 2.25. The third-order valence-electron chi connectivity index (χ3n) is 2.25. The molecule has 4 heteroatoms. The van der Waals surface area contributed by atoms with E-state index in [1.807, 2.05) is 0 Å². The molecule has 0 atom stereocenters. The number of hydrogen-bond donors (Lipinski definition) is 2. The summed E-state index contributed by atoms with van der Waals surface area (Å²) in [6.07, 6.45) is 7.46. The summed E-state index contributed by atoms with van der Waals surface area (Å²) < 4.78 is 5.39. The highest BCUT2D eigenvalue weighted by Crippen LogP contribution is 2.02. The van der Waals surface area contributed by atoms with E-state index < -0.39 is 0 Å². The van der Waals surface area contributed by atoms with Crippen molar-refractivity contribution < 1.29 is 9.53 Å². The van der Waals surface area contributed by atoms with E-state index in [1.54, 1.807) is 0 Å². The first-order valence-corrected chi connectivity index (χ1v) is 5.88. The molecule has 0 rings (SSSR count). The van der Waals surface area contributed by atoms with Gasteiger partial charge in [0.1, 0.15) is 0 Å². The van der Waals surface area contributed by atoms with Crippen molar-refractivity contribution in [3.63, 3.8) is 0 Å². The van der Waals surface area contributed by atoms with Gasteiger partial charge >= 0.3 is 0 Å². The minimum Gasteiger partial charge on any atom is -0.381 e. The van der Waals surface area contributed by atoms with Gasteiger partial charge in [0.2, 0.25) is 5.91 Å². The van der Waals surface area contributed by atoms with Crippen LogP contribution in [-0.2, 0) is 9.53 Å². The molecule has 15 heavy (non-hydrogen) atoms. The van der Waals surface area contributed by atoms with Gasteiger partial charge in [-0.3, -0.25) is 10.2 Å². The highest BCUT2D eigenvalue weighted by atomic mass is 16.5. The maximum absolute atomic E-state index is 10.7. The van der Waals surface area contributed by atoms with E-state index in [2.05, 4.69) is 12.3 Å². The Labute approximate surface area is 92.5 Å². The van der Waals surface area contributed by atoms with E-state index in [9.17, 15) is 4.79 Å². The molecule has 0 aromatic rings. The van der Waals surface area contributed by atoms with Crippen LogP contribution in [0.25, 0.3) is 0 Å². The normalized spacial score (nSPS) is 10.3. The number of nitrogens with one attached hydrogen (secondary N) is 1. The maximum Gasteiger partial charge on any atom is 0.233 e. The molecular weight excluding hydrogens is 192 g/mol. The Morgan fingerprint density at radius 1 is 1.13 bits per heavy atom. The number of ether oxygens (including phenoxy) is 1. The molecule has 0 fully saturated rings. The predicted molar refractivity (Wildman–Crippen MR) is 61.1 cm³/mol. The van der Waals surface area contributed by atoms with E-state index in [0.29, 0.717) is 13.0 Å². The second-order valence-corrected chi connectivity index (χ2v) is 3.70. The van der Waals surface area contributed by atoms with Crippen molar-refractivity contribution in [2.45, 2.75) is 51.9 Å². The van der Waals surface area contributed by atoms with E-state index >= 15 is 0 Å². The highest BCUT2D eigenvalue weighted by Gasteiger charge is 1.97. The summed E-state index contributed by atoms with van der Waals surface area (Å²) in [5.41, 5.74) is 2.10. The van der Waals surface area contributed by atoms with Crippen molar-refractivity contribution in [1.29, 1.82) is 0 Å². The molecule has 1 amide bonds. The van der Waals surface area contributed by atoms with Crippen molar-refractivity contribution in [1.82, 2.24) is 5.43 Å². The van der Waals surface area contributed by atoms with Crippen molar-refractivity contribution in [3.8, 4) is 0 Å². The first-order valence-electron chi connectivity index (χ1n) is 5.88. The second-order valence-electron chi connectivity index (χ2n) is 3.70. The number of amides is 1. The van der Waals surface area contributed by atoms with Crippen LogP contribution in [0.4, 0.5) is 0 Å². The van der Waals surface area contributed by atoms with Gasteiger partial charge in [-0.05, 0) is 12.8 Å². The number of hydrazine groups is 1. The van der Waals surface area contributed by atoms with E-state index in [1.165, 1.54) is 25.7 Å². The number of carbonyl (C=O) groups excluding carboxylic acids is 1. The van der Waals surface area contributed by atoms with Crippen LogP contribution in [0.3, 0.4) is 0 Å². The summed E-state index contributed by atoms with van der Waals surface area (Å²) in [4.78, 5) is 10.7. The van der Waals surface area contributed by atoms with Crippen LogP contribution >= 0.6 is 0 Å². The van der Waals surface area contributed by atoms with Crippen LogP contribution in [0.15, 0.2) is 0 Å². The average Bonchev–Trinajstić information content (AvgIpc) is 2.26. The Kier molecular flexibility index (Phi) is 11.0. The van der Waals surface area contributed by atoms with Crippen LogP contribution in [0.1, 0.15) is 51.9 Å². The molecular formula is C11H24N2O2. The molecule has 0 aliphatic heterocycles. The molecule has 0 bridgehead atoms. The van der Waals surface area contributed by atoms with Crippen molar-refractivity contribution >= 4 is 5.91 Å². The van der Waals surface area contributed by atoms with Crippen LogP contribution in [0.5, 0.6) is 0 Å². The van der Waals surface area contributed by atoms with E-state index in [-0.39, 0.29) is 5.91 Å². The fourth-order valence-electron chi connectivity index (χ4n) is 1.32. The lowest BCUT2D eigenvalue weighted by atomic mass is 10.2. The van der Waals surface area contributed by atoms with E-state index in [4.69, 9.17) is 10.6 Å². The second kappa shape index (κ2) is 11.5. The number of hydrogen-bond acceptors (Lipinski definition) is 3. The molecule has 0 radical (unpaired) electrons. The van der Waals surface area contributed by atoms with Gasteiger partial charge in [0.15, 0.2) is 0 Å². The number of rotatable bonds is 10. The molecule has 3 N–H and O–H groups in total. The number of nitrogens with two attached hydrogens (primary N) is 1. The van der Waals surface area contributed by atoms with Crippen LogP contribution in [-0.4, -0.2) is 19.1 Å². The summed E-state index contributed by atoms with van der Waals surface area (Å²) in [6, 6.07) is 0. The van der Waals surface area contributed by atoms with Gasteiger partial charge in [-0.15, -0.1) is 0 Å². The standard InChI is InChI=1S/C11H24N2O2/c1-2-3-4-5-6-9-15-10-7-8-11(14)13-12/h2-10,12H2,1H3,(H,13,14). The predicted octanol–water partition coefficient (Wildman–Crippen LogP) is 1.74. The van der Waals surface area contributed by atoms with Gasteiger partial charge in [-0.25, -0.2) is 5.84 Å². The molecule has 4 nitrogen and oxygen atoms in total. The third kappa shape index (κ3) is 11.3. The van der Waals surface area contributed by atoms with Gasteiger partial charge in [-0.2, -0.15) is 0 Å². The molecule has 0 spiro atoms. The maximum atomic E-state index is 10.7. The monoisotopic (exact) mass is 216 g/mol. The first kappa shape index (κ1) is 14.4. The van der Waals surface area contributed by atoms with Crippen LogP contribution in [0.2, 0.25) is 0 Å².